The minimum absolute atomic E-state index is 0.0910. The molecule has 2 aromatic carbocycles. The molecule has 0 aliphatic heterocycles. The largest absolute Gasteiger partial charge is 0.481 e. The quantitative estimate of drug-likeness (QED) is 0.438. The van der Waals surface area contributed by atoms with Crippen LogP contribution in [0.4, 0.5) is 4.79 Å². The highest BCUT2D eigenvalue weighted by Crippen LogP contribution is 2.44. The van der Waals surface area contributed by atoms with Crippen molar-refractivity contribution in [2.45, 2.75) is 44.8 Å². The van der Waals surface area contributed by atoms with E-state index in [1.807, 2.05) is 50.2 Å². The molecule has 0 saturated heterocycles. The molecule has 8 nitrogen and oxygen atoms in total. The van der Waals surface area contributed by atoms with E-state index in [1.165, 1.54) is 0 Å². The average Bonchev–Trinajstić information content (AvgIpc) is 3.08. The highest BCUT2D eigenvalue weighted by Gasteiger charge is 2.30. The summed E-state index contributed by atoms with van der Waals surface area (Å²) in [7, 11) is 0. The average molecular weight is 455 g/mol. The molecule has 2 unspecified atom stereocenters. The number of ether oxygens (including phenoxy) is 1. The molecule has 0 saturated carbocycles. The summed E-state index contributed by atoms with van der Waals surface area (Å²) in [6, 6.07) is 15.2. The van der Waals surface area contributed by atoms with Crippen LogP contribution in [0.25, 0.3) is 11.1 Å². The van der Waals surface area contributed by atoms with E-state index in [2.05, 4.69) is 22.8 Å². The maximum atomic E-state index is 12.6. The molecule has 2 atom stereocenters. The maximum absolute atomic E-state index is 12.6. The van der Waals surface area contributed by atoms with Crippen molar-refractivity contribution >= 4 is 18.0 Å². The molecule has 1 aliphatic rings. The maximum Gasteiger partial charge on any atom is 0.407 e. The van der Waals surface area contributed by atoms with Gasteiger partial charge in [0.1, 0.15) is 12.6 Å². The molecule has 0 bridgehead atoms. The van der Waals surface area contributed by atoms with Gasteiger partial charge < -0.3 is 25.6 Å². The Bertz CT molecular complexity index is 960. The number of alkyl carbamates (subject to hydrolysis) is 1. The van der Waals surface area contributed by atoms with Gasteiger partial charge in [-0.2, -0.15) is 0 Å². The van der Waals surface area contributed by atoms with E-state index in [0.29, 0.717) is 6.42 Å². The van der Waals surface area contributed by atoms with Gasteiger partial charge in [0.2, 0.25) is 5.91 Å². The van der Waals surface area contributed by atoms with Crippen LogP contribution in [0.3, 0.4) is 0 Å². The van der Waals surface area contributed by atoms with Gasteiger partial charge in [-0.05, 0) is 34.6 Å². The number of aliphatic carboxylic acids is 1. The van der Waals surface area contributed by atoms with Crippen LogP contribution in [0.5, 0.6) is 0 Å². The van der Waals surface area contributed by atoms with Crippen LogP contribution >= 0.6 is 0 Å². The summed E-state index contributed by atoms with van der Waals surface area (Å²) in [5.41, 5.74) is 4.43. The summed E-state index contributed by atoms with van der Waals surface area (Å²) in [6.07, 6.45) is -2.02. The molecular weight excluding hydrogens is 424 g/mol. The van der Waals surface area contributed by atoms with Crippen LogP contribution in [0.1, 0.15) is 43.7 Å². The van der Waals surface area contributed by atoms with Crippen molar-refractivity contribution in [3.8, 4) is 11.1 Å². The third kappa shape index (κ3) is 6.32. The van der Waals surface area contributed by atoms with Crippen molar-refractivity contribution in [3.05, 3.63) is 59.7 Å². The van der Waals surface area contributed by atoms with E-state index in [4.69, 9.17) is 9.84 Å². The predicted octanol–water partition coefficient (Wildman–Crippen LogP) is 2.89. The first-order valence-electron chi connectivity index (χ1n) is 11.0. The molecule has 0 aromatic heterocycles. The molecule has 0 fully saturated rings. The monoisotopic (exact) mass is 454 g/mol. The Morgan fingerprint density at radius 3 is 2.12 bits per heavy atom. The van der Waals surface area contributed by atoms with Gasteiger partial charge in [0.15, 0.2) is 0 Å². The van der Waals surface area contributed by atoms with Gasteiger partial charge in [0, 0.05) is 12.5 Å². The Morgan fingerprint density at radius 1 is 1.00 bits per heavy atom. The fraction of sp³-hybridized carbons (Fsp3) is 0.400. The number of amides is 2. The summed E-state index contributed by atoms with van der Waals surface area (Å²) >= 11 is 0. The van der Waals surface area contributed by atoms with Crippen molar-refractivity contribution in [1.29, 1.82) is 0 Å². The summed E-state index contributed by atoms with van der Waals surface area (Å²) in [5, 5.41) is 23.5. The Balaban J connectivity index is 1.60. The van der Waals surface area contributed by atoms with E-state index in [9.17, 15) is 19.5 Å². The molecule has 0 radical (unpaired) electrons. The SMILES string of the molecule is CC(C)CC(NC(=O)OCC1c2ccccc2-c2ccccc21)C(=O)NCC(O)CC(=O)O. The van der Waals surface area contributed by atoms with E-state index in [-0.39, 0.29) is 25.0 Å². The Kier molecular flexibility index (Phi) is 8.06. The summed E-state index contributed by atoms with van der Waals surface area (Å²) in [6.45, 7) is 3.75. The number of nitrogens with one attached hydrogen (secondary N) is 2. The van der Waals surface area contributed by atoms with Gasteiger partial charge >= 0.3 is 12.1 Å². The van der Waals surface area contributed by atoms with E-state index < -0.39 is 36.5 Å². The van der Waals surface area contributed by atoms with Gasteiger partial charge in [-0.1, -0.05) is 62.4 Å². The standard InChI is InChI=1S/C25H30N2O6/c1-15(2)11-22(24(31)26-13-16(28)12-23(29)30)27-25(32)33-14-21-19-9-5-3-7-17(19)18-8-4-6-10-20(18)21/h3-10,15-16,21-22,28H,11-14H2,1-2H3,(H,26,31)(H,27,32)(H,29,30). The highest BCUT2D eigenvalue weighted by atomic mass is 16.5. The van der Waals surface area contributed by atoms with Crippen molar-refractivity contribution in [1.82, 2.24) is 10.6 Å². The molecule has 4 N–H and O–H groups in total. The van der Waals surface area contributed by atoms with Gasteiger partial charge in [0.25, 0.3) is 0 Å². The first-order valence-corrected chi connectivity index (χ1v) is 11.0. The minimum atomic E-state index is -1.21. The number of carbonyl (C=O) groups excluding carboxylic acids is 2. The number of carbonyl (C=O) groups is 3. The fourth-order valence-corrected chi connectivity index (χ4v) is 4.10. The second-order valence-electron chi connectivity index (χ2n) is 8.65. The predicted molar refractivity (Wildman–Crippen MR) is 123 cm³/mol. The third-order valence-electron chi connectivity index (χ3n) is 5.58. The molecule has 0 heterocycles. The number of carboxylic acid groups (broad SMARTS) is 1. The molecule has 2 amide bonds. The molecular formula is C25H30N2O6. The number of hydrogen-bond acceptors (Lipinski definition) is 5. The number of aliphatic hydroxyl groups is 1. The zero-order valence-corrected chi connectivity index (χ0v) is 18.8. The van der Waals surface area contributed by atoms with Gasteiger partial charge in [-0.25, -0.2) is 4.79 Å². The third-order valence-corrected chi connectivity index (χ3v) is 5.58. The number of fused-ring (bicyclic) bond motifs is 3. The summed E-state index contributed by atoms with van der Waals surface area (Å²) in [4.78, 5) is 35.8. The van der Waals surface area contributed by atoms with E-state index in [1.54, 1.807) is 0 Å². The number of carboxylic acids is 1. The zero-order chi connectivity index (χ0) is 24.0. The second-order valence-corrected chi connectivity index (χ2v) is 8.65. The zero-order valence-electron chi connectivity index (χ0n) is 18.8. The summed E-state index contributed by atoms with van der Waals surface area (Å²) in [5.74, 6) is -1.64. The van der Waals surface area contributed by atoms with Crippen molar-refractivity contribution in [2.24, 2.45) is 5.92 Å². The second kappa shape index (κ2) is 11.0. The van der Waals surface area contributed by atoms with Crippen LogP contribution in [0.15, 0.2) is 48.5 Å². The number of benzene rings is 2. The molecule has 3 rings (SSSR count). The Hall–Kier alpha value is -3.39. The van der Waals surface area contributed by atoms with Crippen LogP contribution in [-0.2, 0) is 14.3 Å². The number of rotatable bonds is 10. The number of aliphatic hydroxyl groups excluding tert-OH is 1. The molecule has 176 valence electrons. The van der Waals surface area contributed by atoms with E-state index >= 15 is 0 Å². The van der Waals surface area contributed by atoms with Crippen LogP contribution < -0.4 is 10.6 Å². The first-order chi connectivity index (χ1) is 15.8. The Morgan fingerprint density at radius 2 is 1.58 bits per heavy atom. The van der Waals surface area contributed by atoms with Crippen molar-refractivity contribution in [2.75, 3.05) is 13.2 Å². The normalized spacial score (nSPS) is 14.2. The topological polar surface area (TPSA) is 125 Å². The van der Waals surface area contributed by atoms with Crippen molar-refractivity contribution in [3.63, 3.8) is 0 Å². The lowest BCUT2D eigenvalue weighted by Gasteiger charge is -2.21. The lowest BCUT2D eigenvalue weighted by Crippen LogP contribution is -2.49. The Labute approximate surface area is 193 Å². The smallest absolute Gasteiger partial charge is 0.407 e. The number of hydrogen-bond donors (Lipinski definition) is 4. The highest BCUT2D eigenvalue weighted by molar-refractivity contribution is 5.86. The van der Waals surface area contributed by atoms with Crippen LogP contribution in [0.2, 0.25) is 0 Å². The van der Waals surface area contributed by atoms with E-state index in [0.717, 1.165) is 22.3 Å². The lowest BCUT2D eigenvalue weighted by molar-refractivity contribution is -0.139. The lowest BCUT2D eigenvalue weighted by atomic mass is 9.98. The van der Waals surface area contributed by atoms with Gasteiger partial charge in [0.05, 0.1) is 12.5 Å². The molecule has 33 heavy (non-hydrogen) atoms. The summed E-state index contributed by atoms with van der Waals surface area (Å²) < 4.78 is 5.52. The molecule has 8 heteroatoms. The molecule has 2 aromatic rings. The van der Waals surface area contributed by atoms with Gasteiger partial charge in [-0.15, -0.1) is 0 Å². The fourth-order valence-electron chi connectivity index (χ4n) is 4.10. The minimum Gasteiger partial charge on any atom is -0.481 e. The van der Waals surface area contributed by atoms with Crippen molar-refractivity contribution < 1.29 is 29.3 Å². The van der Waals surface area contributed by atoms with Crippen LogP contribution in [0, 0.1) is 5.92 Å². The molecule has 1 aliphatic carbocycles. The van der Waals surface area contributed by atoms with Crippen LogP contribution in [-0.4, -0.2) is 53.5 Å². The van der Waals surface area contributed by atoms with Gasteiger partial charge in [-0.3, -0.25) is 9.59 Å². The molecule has 0 spiro atoms. The first kappa shape index (κ1) is 24.3.